The highest BCUT2D eigenvalue weighted by atomic mass is 35.5. The van der Waals surface area contributed by atoms with Gasteiger partial charge in [-0.1, -0.05) is 32.4 Å². The molecular formula is C19H27ClN4O. The summed E-state index contributed by atoms with van der Waals surface area (Å²) >= 11 is 6.25. The fourth-order valence-corrected chi connectivity index (χ4v) is 5.41. The fourth-order valence-electron chi connectivity index (χ4n) is 5.24. The molecule has 1 saturated heterocycles. The molecule has 3 atom stereocenters. The maximum absolute atomic E-state index is 12.9. The zero-order valence-electron chi connectivity index (χ0n) is 15.3. The second kappa shape index (κ2) is 5.83. The van der Waals surface area contributed by atoms with Crippen LogP contribution in [-0.4, -0.2) is 35.0 Å². The van der Waals surface area contributed by atoms with Crippen molar-refractivity contribution < 1.29 is 4.79 Å². The molecule has 2 heterocycles. The molecule has 1 aliphatic heterocycles. The molecule has 0 aromatic carbocycles. The molecule has 0 spiro atoms. The van der Waals surface area contributed by atoms with Crippen molar-refractivity contribution in [3.05, 3.63) is 16.9 Å². The van der Waals surface area contributed by atoms with Crippen molar-refractivity contribution in [1.82, 2.24) is 15.3 Å². The highest BCUT2D eigenvalue weighted by Gasteiger charge is 2.61. The smallest absolute Gasteiger partial charge is 0.271 e. The summed E-state index contributed by atoms with van der Waals surface area (Å²) in [6.07, 6.45) is 7.34. The largest absolute Gasteiger partial charge is 0.347 e. The summed E-state index contributed by atoms with van der Waals surface area (Å²) in [4.78, 5) is 23.8. The van der Waals surface area contributed by atoms with E-state index in [-0.39, 0.29) is 22.8 Å². The first-order chi connectivity index (χ1) is 11.8. The summed E-state index contributed by atoms with van der Waals surface area (Å²) in [5.41, 5.74) is 0.717. The van der Waals surface area contributed by atoms with Crippen molar-refractivity contribution in [2.24, 2.45) is 16.7 Å². The molecule has 2 saturated carbocycles. The summed E-state index contributed by atoms with van der Waals surface area (Å²) in [5, 5.41) is 3.58. The number of halogens is 1. The van der Waals surface area contributed by atoms with E-state index in [1.54, 1.807) is 6.20 Å². The molecule has 2 bridgehead atoms. The van der Waals surface area contributed by atoms with Gasteiger partial charge in [0.05, 0.1) is 11.2 Å². The summed E-state index contributed by atoms with van der Waals surface area (Å²) in [7, 11) is 0. The molecule has 1 amide bonds. The first kappa shape index (κ1) is 17.1. The average Bonchev–Trinajstić information content (AvgIpc) is 3.22. The lowest BCUT2D eigenvalue weighted by atomic mass is 9.69. The number of carbonyl (C=O) groups excluding carboxylic acids is 1. The number of anilines is 1. The molecule has 3 fully saturated rings. The molecule has 6 heteroatoms. The van der Waals surface area contributed by atoms with Gasteiger partial charge >= 0.3 is 0 Å². The molecular weight excluding hydrogens is 336 g/mol. The summed E-state index contributed by atoms with van der Waals surface area (Å²) in [6, 6.07) is 0.190. The second-order valence-electron chi connectivity index (χ2n) is 8.70. The van der Waals surface area contributed by atoms with Gasteiger partial charge in [-0.2, -0.15) is 0 Å². The summed E-state index contributed by atoms with van der Waals surface area (Å²) in [5.74, 6) is 1.14. The standard InChI is InChI=1S/C19H27ClN4O/c1-18(2)12-6-7-19(18,3)14(10-12)22-16(25)15-13(20)11-21-17(23-15)24-8-4-5-9-24/h11-12,14H,4-10H2,1-3H3,(H,22,25)/t12-,14+,19-/m0/s1. The first-order valence-electron chi connectivity index (χ1n) is 9.41. The quantitative estimate of drug-likeness (QED) is 0.891. The topological polar surface area (TPSA) is 58.1 Å². The van der Waals surface area contributed by atoms with E-state index in [1.165, 1.54) is 12.8 Å². The minimum absolute atomic E-state index is 0.143. The fraction of sp³-hybridized carbons (Fsp3) is 0.737. The van der Waals surface area contributed by atoms with Crippen LogP contribution in [0.5, 0.6) is 0 Å². The van der Waals surface area contributed by atoms with Gasteiger partial charge in [0.2, 0.25) is 5.95 Å². The second-order valence-corrected chi connectivity index (χ2v) is 9.10. The third-order valence-corrected chi connectivity index (χ3v) is 7.71. The van der Waals surface area contributed by atoms with Crippen LogP contribution in [0.2, 0.25) is 5.02 Å². The predicted molar refractivity (Wildman–Crippen MR) is 99.0 cm³/mol. The van der Waals surface area contributed by atoms with Gasteiger partial charge in [-0.3, -0.25) is 4.79 Å². The SMILES string of the molecule is CC1(C)[C@H]2CC[C@@]1(C)[C@H](NC(=O)c1nc(N3CCCC3)ncc1Cl)C2. The maximum atomic E-state index is 12.9. The molecule has 4 rings (SSSR count). The molecule has 0 unspecified atom stereocenters. The van der Waals surface area contributed by atoms with Crippen LogP contribution in [0.4, 0.5) is 5.95 Å². The number of nitrogens with zero attached hydrogens (tertiary/aromatic N) is 3. The molecule has 5 nitrogen and oxygen atoms in total. The van der Waals surface area contributed by atoms with Crippen LogP contribution in [0, 0.1) is 16.7 Å². The monoisotopic (exact) mass is 362 g/mol. The molecule has 136 valence electrons. The Labute approximate surface area is 154 Å². The molecule has 3 aliphatic rings. The number of hydrogen-bond acceptors (Lipinski definition) is 4. The van der Waals surface area contributed by atoms with Gasteiger partial charge in [0.1, 0.15) is 0 Å². The molecule has 1 aromatic heterocycles. The normalized spacial score (nSPS) is 33.0. The molecule has 25 heavy (non-hydrogen) atoms. The molecule has 2 aliphatic carbocycles. The van der Waals surface area contributed by atoms with Crippen LogP contribution >= 0.6 is 11.6 Å². The third kappa shape index (κ3) is 2.54. The Morgan fingerprint density at radius 2 is 2.04 bits per heavy atom. The highest BCUT2D eigenvalue weighted by Crippen LogP contribution is 2.65. The summed E-state index contributed by atoms with van der Waals surface area (Å²) in [6.45, 7) is 8.90. The Morgan fingerprint density at radius 1 is 1.32 bits per heavy atom. The van der Waals surface area contributed by atoms with Crippen molar-refractivity contribution in [2.75, 3.05) is 18.0 Å². The van der Waals surface area contributed by atoms with Gasteiger partial charge in [0.25, 0.3) is 5.91 Å². The first-order valence-corrected chi connectivity index (χ1v) is 9.79. The number of hydrogen-bond donors (Lipinski definition) is 1. The van der Waals surface area contributed by atoms with Crippen LogP contribution in [-0.2, 0) is 0 Å². The van der Waals surface area contributed by atoms with Crippen molar-refractivity contribution in [3.8, 4) is 0 Å². The number of carbonyl (C=O) groups is 1. The number of fused-ring (bicyclic) bond motifs is 2. The molecule has 1 aromatic rings. The van der Waals surface area contributed by atoms with Crippen molar-refractivity contribution in [1.29, 1.82) is 0 Å². The van der Waals surface area contributed by atoms with Gasteiger partial charge in [-0.05, 0) is 48.9 Å². The number of nitrogens with one attached hydrogen (secondary N) is 1. The lowest BCUT2D eigenvalue weighted by molar-refractivity contribution is 0.0821. The van der Waals surface area contributed by atoms with Gasteiger partial charge in [-0.25, -0.2) is 9.97 Å². The van der Waals surface area contributed by atoms with E-state index >= 15 is 0 Å². The lowest BCUT2D eigenvalue weighted by Gasteiger charge is -2.39. The number of aromatic nitrogens is 2. The van der Waals surface area contributed by atoms with E-state index in [9.17, 15) is 4.79 Å². The average molecular weight is 363 g/mol. The van der Waals surface area contributed by atoms with E-state index in [4.69, 9.17) is 11.6 Å². The van der Waals surface area contributed by atoms with Crippen LogP contribution < -0.4 is 10.2 Å². The van der Waals surface area contributed by atoms with Gasteiger partial charge in [0, 0.05) is 19.1 Å². The van der Waals surface area contributed by atoms with E-state index in [0.29, 0.717) is 22.6 Å². The number of rotatable bonds is 3. The summed E-state index contributed by atoms with van der Waals surface area (Å²) < 4.78 is 0. The lowest BCUT2D eigenvalue weighted by Crippen LogP contribution is -2.47. The zero-order valence-corrected chi connectivity index (χ0v) is 16.1. The van der Waals surface area contributed by atoms with Crippen LogP contribution in [0.1, 0.15) is 63.4 Å². The number of amides is 1. The van der Waals surface area contributed by atoms with Crippen molar-refractivity contribution in [2.45, 2.75) is 58.9 Å². The highest BCUT2D eigenvalue weighted by molar-refractivity contribution is 6.33. The Bertz CT molecular complexity index is 701. The van der Waals surface area contributed by atoms with E-state index < -0.39 is 0 Å². The zero-order chi connectivity index (χ0) is 17.8. The Hall–Kier alpha value is -1.36. The Kier molecular flexibility index (Phi) is 3.98. The van der Waals surface area contributed by atoms with Crippen LogP contribution in [0.25, 0.3) is 0 Å². The van der Waals surface area contributed by atoms with E-state index in [0.717, 1.165) is 32.4 Å². The molecule has 0 radical (unpaired) electrons. The molecule has 1 N–H and O–H groups in total. The van der Waals surface area contributed by atoms with Gasteiger partial charge in [0.15, 0.2) is 5.69 Å². The minimum Gasteiger partial charge on any atom is -0.347 e. The van der Waals surface area contributed by atoms with Crippen molar-refractivity contribution in [3.63, 3.8) is 0 Å². The van der Waals surface area contributed by atoms with Gasteiger partial charge in [-0.15, -0.1) is 0 Å². The van der Waals surface area contributed by atoms with E-state index in [1.807, 2.05) is 0 Å². The minimum atomic E-state index is -0.164. The maximum Gasteiger partial charge on any atom is 0.271 e. The Balaban J connectivity index is 1.55. The van der Waals surface area contributed by atoms with E-state index in [2.05, 4.69) is 41.0 Å². The van der Waals surface area contributed by atoms with Crippen LogP contribution in [0.15, 0.2) is 6.20 Å². The predicted octanol–water partition coefficient (Wildman–Crippen LogP) is 3.67. The van der Waals surface area contributed by atoms with Crippen LogP contribution in [0.3, 0.4) is 0 Å². The Morgan fingerprint density at radius 3 is 2.64 bits per heavy atom. The van der Waals surface area contributed by atoms with Crippen molar-refractivity contribution >= 4 is 23.5 Å². The van der Waals surface area contributed by atoms with Gasteiger partial charge < -0.3 is 10.2 Å². The third-order valence-electron chi connectivity index (χ3n) is 7.43.